The second-order valence-electron chi connectivity index (χ2n) is 6.33. The van der Waals surface area contributed by atoms with Crippen molar-refractivity contribution in [2.75, 3.05) is 39.8 Å². The third kappa shape index (κ3) is 4.81. The van der Waals surface area contributed by atoms with E-state index in [1.54, 1.807) is 16.8 Å². The summed E-state index contributed by atoms with van der Waals surface area (Å²) in [4.78, 5) is 43.1. The summed E-state index contributed by atoms with van der Waals surface area (Å²) in [7, 11) is 1.67. The van der Waals surface area contributed by atoms with Crippen LogP contribution in [0, 0.1) is 5.92 Å². The minimum Gasteiger partial charge on any atom is -0.342 e. The summed E-state index contributed by atoms with van der Waals surface area (Å²) in [6.45, 7) is 6.35. The highest BCUT2D eigenvalue weighted by molar-refractivity contribution is 7.12. The fourth-order valence-electron chi connectivity index (χ4n) is 3.19. The van der Waals surface area contributed by atoms with Crippen LogP contribution in [0.25, 0.3) is 0 Å². The van der Waals surface area contributed by atoms with Gasteiger partial charge in [0.1, 0.15) is 0 Å². The zero-order valence-corrected chi connectivity index (χ0v) is 16.1. The molecule has 138 valence electrons. The second kappa shape index (κ2) is 8.99. The number of thiophene rings is 1. The second-order valence-corrected chi connectivity index (χ2v) is 7.28. The molecule has 1 aliphatic rings. The highest BCUT2D eigenvalue weighted by Gasteiger charge is 2.31. The van der Waals surface area contributed by atoms with E-state index in [-0.39, 0.29) is 30.2 Å². The van der Waals surface area contributed by atoms with E-state index in [0.29, 0.717) is 31.1 Å². The molecule has 0 radical (unpaired) electrons. The van der Waals surface area contributed by atoms with Crippen molar-refractivity contribution in [1.82, 2.24) is 14.7 Å². The summed E-state index contributed by atoms with van der Waals surface area (Å²) < 4.78 is 0. The van der Waals surface area contributed by atoms with Gasteiger partial charge in [-0.1, -0.05) is 6.07 Å². The quantitative estimate of drug-likeness (QED) is 0.774. The van der Waals surface area contributed by atoms with Gasteiger partial charge in [0.25, 0.3) is 5.91 Å². The van der Waals surface area contributed by atoms with E-state index in [9.17, 15) is 14.4 Å². The van der Waals surface area contributed by atoms with Crippen LogP contribution in [-0.2, 0) is 9.59 Å². The van der Waals surface area contributed by atoms with Gasteiger partial charge in [0.15, 0.2) is 0 Å². The maximum Gasteiger partial charge on any atom is 0.263 e. The molecule has 0 aliphatic carbocycles. The number of likely N-dealkylation sites (tertiary alicyclic amines) is 1. The molecule has 1 saturated heterocycles. The van der Waals surface area contributed by atoms with Gasteiger partial charge in [-0.15, -0.1) is 11.3 Å². The van der Waals surface area contributed by atoms with Crippen LogP contribution in [-0.4, -0.2) is 72.2 Å². The van der Waals surface area contributed by atoms with E-state index >= 15 is 0 Å². The highest BCUT2D eigenvalue weighted by atomic mass is 32.1. The number of rotatable bonds is 6. The van der Waals surface area contributed by atoms with Crippen molar-refractivity contribution in [2.45, 2.75) is 26.7 Å². The molecule has 0 N–H and O–H groups in total. The Hall–Kier alpha value is -1.89. The van der Waals surface area contributed by atoms with Crippen LogP contribution >= 0.6 is 11.3 Å². The Balaban J connectivity index is 1.94. The smallest absolute Gasteiger partial charge is 0.263 e. The standard InChI is InChI=1S/C18H27N3O3S/c1-4-20(5-2)16(22)13-19(3)17(23)14-8-6-10-21(12-14)18(24)15-9-7-11-25-15/h7,9,11,14H,4-6,8,10,12-13H2,1-3H3. The Morgan fingerprint density at radius 2 is 2.00 bits per heavy atom. The molecule has 0 spiro atoms. The van der Waals surface area contributed by atoms with Crippen LogP contribution in [0.1, 0.15) is 36.4 Å². The van der Waals surface area contributed by atoms with Gasteiger partial charge in [0, 0.05) is 33.2 Å². The Bertz CT molecular complexity index is 599. The van der Waals surface area contributed by atoms with Crippen LogP contribution in [0.3, 0.4) is 0 Å². The molecule has 2 heterocycles. The lowest BCUT2D eigenvalue weighted by atomic mass is 9.96. The van der Waals surface area contributed by atoms with Crippen molar-refractivity contribution in [3.8, 4) is 0 Å². The molecule has 1 fully saturated rings. The van der Waals surface area contributed by atoms with E-state index in [1.807, 2.05) is 31.4 Å². The summed E-state index contributed by atoms with van der Waals surface area (Å²) >= 11 is 1.42. The average molecular weight is 365 g/mol. The van der Waals surface area contributed by atoms with Crippen LogP contribution in [0.5, 0.6) is 0 Å². The number of likely N-dealkylation sites (N-methyl/N-ethyl adjacent to an activating group) is 2. The third-order valence-corrected chi connectivity index (χ3v) is 5.51. The molecule has 0 saturated carbocycles. The van der Waals surface area contributed by atoms with Crippen molar-refractivity contribution >= 4 is 29.1 Å². The van der Waals surface area contributed by atoms with Gasteiger partial charge in [0.2, 0.25) is 11.8 Å². The highest BCUT2D eigenvalue weighted by Crippen LogP contribution is 2.22. The van der Waals surface area contributed by atoms with E-state index in [4.69, 9.17) is 0 Å². The molecule has 3 amide bonds. The first-order chi connectivity index (χ1) is 12.0. The van der Waals surface area contributed by atoms with Crippen molar-refractivity contribution < 1.29 is 14.4 Å². The van der Waals surface area contributed by atoms with Gasteiger partial charge in [-0.05, 0) is 38.1 Å². The molecular formula is C18H27N3O3S. The maximum absolute atomic E-state index is 12.7. The summed E-state index contributed by atoms with van der Waals surface area (Å²) in [5.74, 6) is -0.325. The van der Waals surface area contributed by atoms with Gasteiger partial charge in [-0.25, -0.2) is 0 Å². The molecule has 1 aliphatic heterocycles. The van der Waals surface area contributed by atoms with Gasteiger partial charge in [0.05, 0.1) is 17.3 Å². The van der Waals surface area contributed by atoms with Crippen molar-refractivity contribution in [1.29, 1.82) is 0 Å². The van der Waals surface area contributed by atoms with E-state index in [1.165, 1.54) is 16.2 Å². The number of carbonyl (C=O) groups is 3. The lowest BCUT2D eigenvalue weighted by Gasteiger charge is -2.34. The Morgan fingerprint density at radius 3 is 2.60 bits per heavy atom. The Labute approximate surface area is 153 Å². The largest absolute Gasteiger partial charge is 0.342 e. The number of carbonyl (C=O) groups excluding carboxylic acids is 3. The van der Waals surface area contributed by atoms with Crippen LogP contribution in [0.15, 0.2) is 17.5 Å². The Kier molecular flexibility index (Phi) is 6.99. The zero-order chi connectivity index (χ0) is 18.4. The fourth-order valence-corrected chi connectivity index (χ4v) is 3.88. The van der Waals surface area contributed by atoms with Crippen LogP contribution in [0.4, 0.5) is 0 Å². The van der Waals surface area contributed by atoms with Crippen molar-refractivity contribution in [2.24, 2.45) is 5.92 Å². The van der Waals surface area contributed by atoms with Crippen LogP contribution < -0.4 is 0 Å². The van der Waals surface area contributed by atoms with E-state index < -0.39 is 0 Å². The van der Waals surface area contributed by atoms with Gasteiger partial charge >= 0.3 is 0 Å². The molecule has 2 rings (SSSR count). The van der Waals surface area contributed by atoms with Crippen molar-refractivity contribution in [3.63, 3.8) is 0 Å². The number of hydrogen-bond acceptors (Lipinski definition) is 4. The molecule has 1 unspecified atom stereocenters. The molecule has 1 aromatic rings. The normalized spacial score (nSPS) is 17.2. The molecule has 6 nitrogen and oxygen atoms in total. The van der Waals surface area contributed by atoms with Crippen molar-refractivity contribution in [3.05, 3.63) is 22.4 Å². The SMILES string of the molecule is CCN(CC)C(=O)CN(C)C(=O)C1CCCN(C(=O)c2cccs2)C1. The molecular weight excluding hydrogens is 338 g/mol. The zero-order valence-electron chi connectivity index (χ0n) is 15.2. The fraction of sp³-hybridized carbons (Fsp3) is 0.611. The summed E-state index contributed by atoms with van der Waals surface area (Å²) in [5.41, 5.74) is 0. The number of piperidine rings is 1. The number of hydrogen-bond donors (Lipinski definition) is 0. The third-order valence-electron chi connectivity index (χ3n) is 4.65. The Morgan fingerprint density at radius 1 is 1.28 bits per heavy atom. The van der Waals surface area contributed by atoms with Crippen LogP contribution in [0.2, 0.25) is 0 Å². The van der Waals surface area contributed by atoms with Gasteiger partial charge in [-0.3, -0.25) is 14.4 Å². The average Bonchev–Trinajstić information content (AvgIpc) is 3.16. The lowest BCUT2D eigenvalue weighted by molar-refractivity contribution is -0.142. The maximum atomic E-state index is 12.7. The summed E-state index contributed by atoms with van der Waals surface area (Å²) in [6.07, 6.45) is 1.57. The first-order valence-corrected chi connectivity index (χ1v) is 9.71. The minimum absolute atomic E-state index is 0.00521. The first kappa shape index (κ1) is 19.4. The van der Waals surface area contributed by atoms with E-state index in [2.05, 4.69) is 0 Å². The first-order valence-electron chi connectivity index (χ1n) is 8.83. The molecule has 0 bridgehead atoms. The van der Waals surface area contributed by atoms with Gasteiger partial charge < -0.3 is 14.7 Å². The molecule has 1 aromatic heterocycles. The summed E-state index contributed by atoms with van der Waals surface area (Å²) in [5, 5.41) is 1.88. The molecule has 25 heavy (non-hydrogen) atoms. The van der Waals surface area contributed by atoms with E-state index in [0.717, 1.165) is 12.8 Å². The predicted molar refractivity (Wildman–Crippen MR) is 98.5 cm³/mol. The number of nitrogens with zero attached hydrogens (tertiary/aromatic N) is 3. The molecule has 0 aromatic carbocycles. The monoisotopic (exact) mass is 365 g/mol. The topological polar surface area (TPSA) is 60.9 Å². The molecule has 1 atom stereocenters. The molecule has 7 heteroatoms. The predicted octanol–water partition coefficient (Wildman–Crippen LogP) is 1.93. The van der Waals surface area contributed by atoms with Gasteiger partial charge in [-0.2, -0.15) is 0 Å². The number of amides is 3. The lowest BCUT2D eigenvalue weighted by Crippen LogP contribution is -2.48. The minimum atomic E-state index is -0.229. The summed E-state index contributed by atoms with van der Waals surface area (Å²) in [6, 6.07) is 3.67.